The van der Waals surface area contributed by atoms with Crippen molar-refractivity contribution in [1.82, 2.24) is 0 Å². The van der Waals surface area contributed by atoms with Crippen LogP contribution in [0, 0.1) is 0 Å². The summed E-state index contributed by atoms with van der Waals surface area (Å²) in [5.41, 5.74) is 3.10. The molecule has 1 nitrogen and oxygen atoms in total. The maximum atomic E-state index is 9.32. The van der Waals surface area contributed by atoms with Crippen LogP contribution < -0.4 is 0 Å². The summed E-state index contributed by atoms with van der Waals surface area (Å²) >= 11 is 0. The lowest BCUT2D eigenvalue weighted by atomic mass is 9.84. The molecule has 8 aromatic carbocycles. The van der Waals surface area contributed by atoms with Gasteiger partial charge in [0.15, 0.2) is 0 Å². The Labute approximate surface area is 264 Å². The second-order valence-electron chi connectivity index (χ2n) is 10.5. The van der Waals surface area contributed by atoms with Crippen LogP contribution in [0.3, 0.4) is 0 Å². The van der Waals surface area contributed by atoms with Crippen LogP contribution in [0.25, 0.3) is 87.6 Å². The van der Waals surface area contributed by atoms with E-state index in [1.807, 2.05) is 54.6 Å². The van der Waals surface area contributed by atoms with E-state index in [0.717, 1.165) is 27.5 Å². The molecule has 0 unspecified atom stereocenters. The standard InChI is InChI=1S/C42H26O/c1-2-12-28-25-30(24-23-27(28)11-1)29-13-9-14-31(26-29)40-32-15-3-5-17-34(32)41(35-18-6-4-16-33(35)40)37-20-10-22-39-42(37)36-19-7-8-21-38(36)43-39/h1-26H/i3D,4D,5D,6D,7D,8D,10D,19D,20D,21D,22D. The van der Waals surface area contributed by atoms with E-state index in [0.29, 0.717) is 27.1 Å². The first-order valence-electron chi connectivity index (χ1n) is 19.4. The molecule has 1 aromatic heterocycles. The summed E-state index contributed by atoms with van der Waals surface area (Å²) in [5.74, 6) is 0. The third kappa shape index (κ3) is 3.72. The highest BCUT2D eigenvalue weighted by Gasteiger charge is 2.20. The van der Waals surface area contributed by atoms with Gasteiger partial charge in [-0.1, -0.05) is 133 Å². The number of hydrogen-bond acceptors (Lipinski definition) is 1. The van der Waals surface area contributed by atoms with Crippen LogP contribution in [0.2, 0.25) is 0 Å². The molecule has 0 aliphatic heterocycles. The van der Waals surface area contributed by atoms with Crippen molar-refractivity contribution in [3.05, 3.63) is 157 Å². The Bertz CT molecular complexity index is 3060. The number of para-hydroxylation sites is 1. The molecule has 0 spiro atoms. The van der Waals surface area contributed by atoms with Gasteiger partial charge in [0.1, 0.15) is 11.2 Å². The molecular formula is C42H26O. The van der Waals surface area contributed by atoms with Crippen molar-refractivity contribution in [1.29, 1.82) is 0 Å². The quantitative estimate of drug-likeness (QED) is 0.197. The van der Waals surface area contributed by atoms with Gasteiger partial charge in [-0.3, -0.25) is 0 Å². The van der Waals surface area contributed by atoms with Gasteiger partial charge in [-0.25, -0.2) is 0 Å². The van der Waals surface area contributed by atoms with Crippen molar-refractivity contribution < 1.29 is 19.5 Å². The lowest BCUT2D eigenvalue weighted by Crippen LogP contribution is -1.91. The van der Waals surface area contributed by atoms with Gasteiger partial charge >= 0.3 is 0 Å². The minimum Gasteiger partial charge on any atom is -0.456 e. The van der Waals surface area contributed by atoms with Crippen LogP contribution >= 0.6 is 0 Å². The minimum absolute atomic E-state index is 0.0236. The predicted molar refractivity (Wildman–Crippen MR) is 183 cm³/mol. The van der Waals surface area contributed by atoms with Gasteiger partial charge < -0.3 is 4.42 Å². The monoisotopic (exact) mass is 557 g/mol. The molecule has 0 amide bonds. The Morgan fingerprint density at radius 3 is 1.86 bits per heavy atom. The zero-order valence-electron chi connectivity index (χ0n) is 33.6. The van der Waals surface area contributed by atoms with Crippen LogP contribution in [0.15, 0.2) is 162 Å². The number of rotatable bonds is 3. The van der Waals surface area contributed by atoms with Crippen molar-refractivity contribution in [2.45, 2.75) is 0 Å². The molecule has 200 valence electrons. The molecule has 1 heterocycles. The average Bonchev–Trinajstić information content (AvgIpc) is 3.57. The highest BCUT2D eigenvalue weighted by molar-refractivity contribution is 6.25. The van der Waals surface area contributed by atoms with Gasteiger partial charge in [0.25, 0.3) is 0 Å². The third-order valence-corrected chi connectivity index (χ3v) is 8.12. The van der Waals surface area contributed by atoms with E-state index in [1.54, 1.807) is 12.1 Å². The summed E-state index contributed by atoms with van der Waals surface area (Å²) in [6, 6.07) is 24.4. The van der Waals surface area contributed by atoms with E-state index in [-0.39, 0.29) is 57.2 Å². The van der Waals surface area contributed by atoms with Crippen LogP contribution in [-0.2, 0) is 0 Å². The van der Waals surface area contributed by atoms with Crippen LogP contribution in [0.1, 0.15) is 15.1 Å². The molecule has 0 aliphatic carbocycles. The fourth-order valence-electron chi connectivity index (χ4n) is 6.23. The predicted octanol–water partition coefficient (Wildman–Crippen LogP) is 12.0. The number of furan rings is 1. The number of fused-ring (bicyclic) bond motifs is 6. The molecule has 0 atom stereocenters. The van der Waals surface area contributed by atoms with Crippen molar-refractivity contribution >= 4 is 54.3 Å². The summed E-state index contributed by atoms with van der Waals surface area (Å²) < 4.78 is 102. The minimum atomic E-state index is -0.537. The second-order valence-corrected chi connectivity index (χ2v) is 10.5. The fourth-order valence-corrected chi connectivity index (χ4v) is 6.23. The van der Waals surface area contributed by atoms with Crippen LogP contribution in [0.4, 0.5) is 0 Å². The highest BCUT2D eigenvalue weighted by Crippen LogP contribution is 2.47. The molecule has 1 heteroatoms. The molecule has 0 aliphatic rings. The van der Waals surface area contributed by atoms with Gasteiger partial charge in [0.05, 0.1) is 15.1 Å². The molecule has 43 heavy (non-hydrogen) atoms. The number of hydrogen-bond donors (Lipinski definition) is 0. The van der Waals surface area contributed by atoms with Crippen molar-refractivity contribution in [2.75, 3.05) is 0 Å². The molecule has 0 bridgehead atoms. The van der Waals surface area contributed by atoms with E-state index in [9.17, 15) is 1.37 Å². The molecule has 9 aromatic rings. The maximum Gasteiger partial charge on any atom is 0.136 e. The van der Waals surface area contributed by atoms with E-state index >= 15 is 0 Å². The first kappa shape index (κ1) is 15.5. The number of benzene rings is 8. The largest absolute Gasteiger partial charge is 0.456 e. The molecular weight excluding hydrogens is 520 g/mol. The summed E-state index contributed by atoms with van der Waals surface area (Å²) in [6.45, 7) is 0. The molecule has 0 saturated heterocycles. The summed E-state index contributed by atoms with van der Waals surface area (Å²) in [4.78, 5) is 0. The average molecular weight is 558 g/mol. The zero-order chi connectivity index (χ0) is 37.9. The van der Waals surface area contributed by atoms with Crippen molar-refractivity contribution in [2.24, 2.45) is 0 Å². The normalized spacial score (nSPS) is 15.3. The van der Waals surface area contributed by atoms with Gasteiger partial charge in [0.2, 0.25) is 0 Å². The van der Waals surface area contributed by atoms with Crippen molar-refractivity contribution in [3.63, 3.8) is 0 Å². The summed E-state index contributed by atoms with van der Waals surface area (Å²) in [5, 5.41) is 3.90. The first-order valence-corrected chi connectivity index (χ1v) is 13.9. The second kappa shape index (κ2) is 9.44. The zero-order valence-corrected chi connectivity index (χ0v) is 22.6. The molecule has 0 saturated carbocycles. The highest BCUT2D eigenvalue weighted by atomic mass is 16.3. The van der Waals surface area contributed by atoms with E-state index in [2.05, 4.69) is 12.1 Å². The summed E-state index contributed by atoms with van der Waals surface area (Å²) in [7, 11) is 0. The van der Waals surface area contributed by atoms with E-state index in [4.69, 9.17) is 18.1 Å². The first-order chi connectivity index (χ1) is 25.8. The fraction of sp³-hybridized carbons (Fsp3) is 0. The molecule has 9 rings (SSSR count). The van der Waals surface area contributed by atoms with Crippen LogP contribution in [0.5, 0.6) is 0 Å². The Hall–Kier alpha value is -5.66. The van der Waals surface area contributed by atoms with E-state index < -0.39 is 42.3 Å². The lowest BCUT2D eigenvalue weighted by molar-refractivity contribution is 0.669. The van der Waals surface area contributed by atoms with Gasteiger partial charge in [-0.2, -0.15) is 0 Å². The van der Waals surface area contributed by atoms with Gasteiger partial charge in [-0.05, 0) is 89.9 Å². The Morgan fingerprint density at radius 1 is 0.419 bits per heavy atom. The Kier molecular flexibility index (Phi) is 3.41. The molecule has 0 radical (unpaired) electrons. The van der Waals surface area contributed by atoms with Gasteiger partial charge in [-0.15, -0.1) is 0 Å². The smallest absolute Gasteiger partial charge is 0.136 e. The molecule has 0 fully saturated rings. The maximum absolute atomic E-state index is 9.32. The summed E-state index contributed by atoms with van der Waals surface area (Å²) in [6.07, 6.45) is 0. The van der Waals surface area contributed by atoms with Crippen molar-refractivity contribution in [3.8, 4) is 33.4 Å². The van der Waals surface area contributed by atoms with Gasteiger partial charge in [0, 0.05) is 10.8 Å². The molecule has 0 N–H and O–H groups in total. The third-order valence-electron chi connectivity index (χ3n) is 8.12. The SMILES string of the molecule is [2H]c1cc2c(-c3cccc(-c4ccc5ccccc5c4)c3)c3cc([2H])c([2H])cc3c(-c3c([2H])c([2H])c([2H])c4oc5c([2H])c([2H])c([2H])c([2H])c5c34)c2cc1[2H]. The Balaban J connectivity index is 1.47. The lowest BCUT2D eigenvalue weighted by Gasteiger charge is -2.18. The van der Waals surface area contributed by atoms with Crippen LogP contribution in [-0.4, -0.2) is 0 Å². The van der Waals surface area contributed by atoms with E-state index in [1.165, 1.54) is 12.1 Å². The Morgan fingerprint density at radius 2 is 1.07 bits per heavy atom. The topological polar surface area (TPSA) is 13.1 Å².